The third-order valence-electron chi connectivity index (χ3n) is 4.94. The van der Waals surface area contributed by atoms with Crippen molar-refractivity contribution < 1.29 is 23.8 Å². The Morgan fingerprint density at radius 2 is 1.92 bits per heavy atom. The zero-order valence-electron chi connectivity index (χ0n) is 19.1. The Hall–Kier alpha value is -3.78. The van der Waals surface area contributed by atoms with Gasteiger partial charge >= 0.3 is 5.97 Å². The Morgan fingerprint density at radius 3 is 2.59 bits per heavy atom. The van der Waals surface area contributed by atoms with Crippen LogP contribution in [-0.4, -0.2) is 28.4 Å². The number of thioether (sulfide) groups is 1. The first-order valence-corrected chi connectivity index (χ1v) is 12.6. The van der Waals surface area contributed by atoms with E-state index in [0.717, 1.165) is 17.3 Å². The molecule has 0 atom stereocenters. The van der Waals surface area contributed by atoms with Crippen molar-refractivity contribution in [2.75, 3.05) is 7.11 Å². The number of carboxylic acid groups (broad SMARTS) is 1. The smallest absolute Gasteiger partial charge is 0.342 e. The predicted octanol–water partition coefficient (Wildman–Crippen LogP) is 6.83. The number of carbonyl (C=O) groups is 1. The number of aromatic nitrogens is 2. The van der Waals surface area contributed by atoms with Gasteiger partial charge in [0.1, 0.15) is 23.0 Å². The number of hydrogen-bond donors (Lipinski definition) is 1. The Balaban J connectivity index is 1.49. The van der Waals surface area contributed by atoms with Gasteiger partial charge in [-0.05, 0) is 87.4 Å². The van der Waals surface area contributed by atoms with Crippen LogP contribution in [0.5, 0.6) is 11.5 Å². The number of hydrogen-bond acceptors (Lipinski definition) is 8. The fraction of sp³-hybridized carbons (Fsp3) is 0.0769. The lowest BCUT2D eigenvalue weighted by molar-refractivity contribution is -0.131. The van der Waals surface area contributed by atoms with E-state index in [2.05, 4.69) is 32.2 Å². The van der Waals surface area contributed by atoms with Crippen molar-refractivity contribution in [1.29, 1.82) is 5.26 Å². The number of aliphatic carboxylic acids is 1. The third kappa shape index (κ3) is 6.71. The number of nitriles is 1. The van der Waals surface area contributed by atoms with E-state index in [-0.39, 0.29) is 16.0 Å². The minimum absolute atomic E-state index is 0.0218. The summed E-state index contributed by atoms with van der Waals surface area (Å²) in [6, 6.07) is 19.4. The highest BCUT2D eigenvalue weighted by Gasteiger charge is 2.18. The van der Waals surface area contributed by atoms with E-state index in [0.29, 0.717) is 44.3 Å². The molecule has 3 aromatic carbocycles. The molecule has 0 aliphatic heterocycles. The first kappa shape index (κ1) is 26.3. The summed E-state index contributed by atoms with van der Waals surface area (Å²) < 4.78 is 17.5. The first-order chi connectivity index (χ1) is 17.9. The molecule has 1 aromatic heterocycles. The highest BCUT2D eigenvalue weighted by molar-refractivity contribution is 9.10. The van der Waals surface area contributed by atoms with E-state index in [9.17, 15) is 9.90 Å². The number of methoxy groups -OCH3 is 1. The Kier molecular flexibility index (Phi) is 8.50. The number of rotatable bonds is 9. The molecule has 0 saturated heterocycles. The number of carboxylic acids is 1. The van der Waals surface area contributed by atoms with E-state index < -0.39 is 5.97 Å². The quantitative estimate of drug-likeness (QED) is 0.163. The summed E-state index contributed by atoms with van der Waals surface area (Å²) >= 11 is 10.4. The van der Waals surface area contributed by atoms with Crippen molar-refractivity contribution in [2.45, 2.75) is 11.8 Å². The summed E-state index contributed by atoms with van der Waals surface area (Å²) in [5, 5.41) is 27.1. The van der Waals surface area contributed by atoms with E-state index >= 15 is 0 Å². The SMILES string of the molecule is COc1ccc(Cl)cc1-c1nnc(S/C(=C\c2ccc(OCc3ccc(C#N)cc3)c(Br)c2)C(=O)O)o1. The summed E-state index contributed by atoms with van der Waals surface area (Å²) in [5.41, 5.74) is 2.61. The minimum Gasteiger partial charge on any atom is -0.496 e. The van der Waals surface area contributed by atoms with Crippen molar-refractivity contribution in [3.05, 3.63) is 91.8 Å². The molecule has 4 aromatic rings. The molecule has 1 N–H and O–H groups in total. The van der Waals surface area contributed by atoms with Gasteiger partial charge in [0.05, 0.1) is 28.8 Å². The van der Waals surface area contributed by atoms with E-state index in [1.165, 1.54) is 13.2 Å². The number of benzene rings is 3. The molecular weight excluding hydrogens is 582 g/mol. The second-order valence-electron chi connectivity index (χ2n) is 7.42. The first-order valence-electron chi connectivity index (χ1n) is 10.6. The predicted molar refractivity (Wildman–Crippen MR) is 142 cm³/mol. The van der Waals surface area contributed by atoms with E-state index in [1.807, 2.05) is 12.1 Å². The topological polar surface area (TPSA) is 118 Å². The molecule has 0 fully saturated rings. The van der Waals surface area contributed by atoms with Crippen molar-refractivity contribution in [2.24, 2.45) is 0 Å². The summed E-state index contributed by atoms with van der Waals surface area (Å²) in [4.78, 5) is 11.9. The summed E-state index contributed by atoms with van der Waals surface area (Å²) in [7, 11) is 1.51. The van der Waals surface area contributed by atoms with Gasteiger partial charge in [0.2, 0.25) is 0 Å². The average molecular weight is 599 g/mol. The van der Waals surface area contributed by atoms with Crippen LogP contribution < -0.4 is 9.47 Å². The van der Waals surface area contributed by atoms with Crippen LogP contribution in [0, 0.1) is 11.3 Å². The van der Waals surface area contributed by atoms with Crippen molar-refractivity contribution in [3.63, 3.8) is 0 Å². The maximum atomic E-state index is 11.9. The van der Waals surface area contributed by atoms with Gasteiger partial charge in [-0.1, -0.05) is 29.8 Å². The Bertz CT molecular complexity index is 1520. The molecule has 0 radical (unpaired) electrons. The molecule has 0 unspecified atom stereocenters. The maximum absolute atomic E-state index is 11.9. The molecule has 37 heavy (non-hydrogen) atoms. The molecule has 0 amide bonds. The zero-order valence-corrected chi connectivity index (χ0v) is 22.3. The van der Waals surface area contributed by atoms with E-state index in [1.54, 1.807) is 48.5 Å². The van der Waals surface area contributed by atoms with Crippen LogP contribution in [0.2, 0.25) is 5.02 Å². The molecule has 0 spiro atoms. The average Bonchev–Trinajstić information content (AvgIpc) is 3.36. The van der Waals surface area contributed by atoms with Gasteiger partial charge in [-0.3, -0.25) is 0 Å². The largest absolute Gasteiger partial charge is 0.496 e. The molecule has 8 nitrogen and oxygen atoms in total. The highest BCUT2D eigenvalue weighted by atomic mass is 79.9. The fourth-order valence-corrected chi connectivity index (χ4v) is 4.50. The van der Waals surface area contributed by atoms with Gasteiger partial charge in [-0.25, -0.2) is 4.79 Å². The highest BCUT2D eigenvalue weighted by Crippen LogP contribution is 2.35. The standard InChI is InChI=1S/C26H17BrClN3O5S/c1-34-21-9-7-18(28)12-19(21)24-30-31-26(36-24)37-23(25(32)33)11-17-6-8-22(20(27)10-17)35-14-16-4-2-15(13-29)3-5-16/h2-12H,14H2,1H3,(H,32,33)/b23-11-. The van der Waals surface area contributed by atoms with Crippen LogP contribution in [0.25, 0.3) is 17.5 Å². The summed E-state index contributed by atoms with van der Waals surface area (Å²) in [5.74, 6) is 0.0773. The zero-order chi connectivity index (χ0) is 26.4. The summed E-state index contributed by atoms with van der Waals surface area (Å²) in [6.45, 7) is 0.312. The molecule has 4 rings (SSSR count). The van der Waals surface area contributed by atoms with Gasteiger partial charge in [0.15, 0.2) is 0 Å². The lowest BCUT2D eigenvalue weighted by Gasteiger charge is -2.09. The van der Waals surface area contributed by atoms with Gasteiger partial charge in [0, 0.05) is 5.02 Å². The summed E-state index contributed by atoms with van der Waals surface area (Å²) in [6.07, 6.45) is 1.49. The molecule has 0 bridgehead atoms. The van der Waals surface area contributed by atoms with E-state index in [4.69, 9.17) is 30.8 Å². The van der Waals surface area contributed by atoms with Crippen molar-refractivity contribution in [1.82, 2.24) is 10.2 Å². The van der Waals surface area contributed by atoms with Crippen LogP contribution in [0.3, 0.4) is 0 Å². The van der Waals surface area contributed by atoms with Crippen molar-refractivity contribution in [3.8, 4) is 29.0 Å². The van der Waals surface area contributed by atoms with Crippen LogP contribution in [0.1, 0.15) is 16.7 Å². The third-order valence-corrected chi connectivity index (χ3v) is 6.64. The minimum atomic E-state index is -1.15. The number of halogens is 2. The molecule has 11 heteroatoms. The monoisotopic (exact) mass is 597 g/mol. The molecule has 0 aliphatic rings. The lowest BCUT2D eigenvalue weighted by Crippen LogP contribution is -1.98. The molecule has 186 valence electrons. The lowest BCUT2D eigenvalue weighted by atomic mass is 10.1. The molecule has 0 aliphatic carbocycles. The number of ether oxygens (including phenoxy) is 2. The van der Waals surface area contributed by atoms with Crippen LogP contribution >= 0.6 is 39.3 Å². The molecular formula is C26H17BrClN3O5S. The van der Waals surface area contributed by atoms with Crippen LogP contribution in [0.15, 0.2) is 79.7 Å². The van der Waals surface area contributed by atoms with Crippen LogP contribution in [0.4, 0.5) is 0 Å². The Morgan fingerprint density at radius 1 is 1.16 bits per heavy atom. The number of nitrogens with zero attached hydrogens (tertiary/aromatic N) is 3. The fourth-order valence-electron chi connectivity index (χ4n) is 3.15. The second kappa shape index (κ2) is 12.0. The van der Waals surface area contributed by atoms with Gasteiger partial charge in [-0.15, -0.1) is 10.2 Å². The van der Waals surface area contributed by atoms with Gasteiger partial charge in [-0.2, -0.15) is 5.26 Å². The maximum Gasteiger partial charge on any atom is 0.342 e. The second-order valence-corrected chi connectivity index (χ2v) is 9.70. The Labute approximate surface area is 229 Å². The normalized spacial score (nSPS) is 11.1. The molecule has 0 saturated carbocycles. The van der Waals surface area contributed by atoms with Gasteiger partial charge < -0.3 is 19.0 Å². The molecule has 1 heterocycles. The van der Waals surface area contributed by atoms with Crippen LogP contribution in [-0.2, 0) is 11.4 Å². The van der Waals surface area contributed by atoms with Crippen molar-refractivity contribution >= 4 is 51.3 Å². The van der Waals surface area contributed by atoms with Gasteiger partial charge in [0.25, 0.3) is 11.1 Å².